The number of halogens is 1. The molecule has 3 nitrogen and oxygen atoms in total. The van der Waals surface area contributed by atoms with Gasteiger partial charge in [0.2, 0.25) is 0 Å². The van der Waals surface area contributed by atoms with Gasteiger partial charge in [0.1, 0.15) is 5.54 Å². The molecule has 1 aromatic carbocycles. The van der Waals surface area contributed by atoms with E-state index in [4.69, 9.17) is 4.74 Å². The summed E-state index contributed by atoms with van der Waals surface area (Å²) >= 11 is 5.30. The summed E-state index contributed by atoms with van der Waals surface area (Å²) in [4.78, 5) is 13.3. The minimum atomic E-state index is -0.548. The van der Waals surface area contributed by atoms with Crippen LogP contribution in [-0.4, -0.2) is 30.4 Å². The van der Waals surface area contributed by atoms with E-state index < -0.39 is 5.54 Å². The van der Waals surface area contributed by atoms with Crippen LogP contribution in [0.2, 0.25) is 0 Å². The lowest BCUT2D eigenvalue weighted by Crippen LogP contribution is -2.51. The van der Waals surface area contributed by atoms with E-state index in [1.54, 1.807) is 0 Å². The van der Waals surface area contributed by atoms with Crippen LogP contribution in [0, 0.1) is 0 Å². The Morgan fingerprint density at radius 1 is 1.52 bits per heavy atom. The zero-order chi connectivity index (χ0) is 15.3. The van der Waals surface area contributed by atoms with Gasteiger partial charge in [-0.3, -0.25) is 10.1 Å². The molecule has 1 saturated carbocycles. The van der Waals surface area contributed by atoms with Crippen LogP contribution in [-0.2, 0) is 9.53 Å². The molecule has 0 radical (unpaired) electrons. The van der Waals surface area contributed by atoms with Gasteiger partial charge in [0.05, 0.1) is 7.11 Å². The van der Waals surface area contributed by atoms with E-state index in [0.29, 0.717) is 6.04 Å². The number of hydrogen-bond donors (Lipinski definition) is 1. The Labute approximate surface area is 139 Å². The Balaban J connectivity index is 1.80. The fraction of sp³-hybridized carbons (Fsp3) is 0.562. The monoisotopic (exact) mass is 371 g/mol. The highest BCUT2D eigenvalue weighted by Gasteiger charge is 2.38. The average Bonchev–Trinajstić information content (AvgIpc) is 3.26. The molecule has 116 valence electrons. The van der Waals surface area contributed by atoms with Crippen LogP contribution in [0.4, 0.5) is 0 Å². The van der Waals surface area contributed by atoms with Crippen LogP contribution >= 0.6 is 27.7 Å². The summed E-state index contributed by atoms with van der Waals surface area (Å²) in [6.07, 6.45) is 4.11. The molecular formula is C16H22BrNO2S. The maximum absolute atomic E-state index is 12.0. The van der Waals surface area contributed by atoms with E-state index in [9.17, 15) is 4.79 Å². The van der Waals surface area contributed by atoms with Gasteiger partial charge >= 0.3 is 5.97 Å². The second-order valence-electron chi connectivity index (χ2n) is 5.65. The molecule has 0 aromatic heterocycles. The van der Waals surface area contributed by atoms with Crippen LogP contribution in [0.3, 0.4) is 0 Å². The Morgan fingerprint density at radius 3 is 2.90 bits per heavy atom. The Kier molecular flexibility index (Phi) is 6.14. The van der Waals surface area contributed by atoms with Gasteiger partial charge in [0.25, 0.3) is 0 Å². The van der Waals surface area contributed by atoms with Crippen molar-refractivity contribution < 1.29 is 9.53 Å². The van der Waals surface area contributed by atoms with E-state index in [1.807, 2.05) is 30.8 Å². The van der Waals surface area contributed by atoms with Crippen molar-refractivity contribution in [2.24, 2.45) is 0 Å². The first kappa shape index (κ1) is 16.8. The molecule has 1 atom stereocenters. The van der Waals surface area contributed by atoms with E-state index >= 15 is 0 Å². The van der Waals surface area contributed by atoms with Crippen molar-refractivity contribution in [2.75, 3.05) is 12.9 Å². The maximum Gasteiger partial charge on any atom is 0.325 e. The molecule has 1 N–H and O–H groups in total. The van der Waals surface area contributed by atoms with Crippen LogP contribution in [0.1, 0.15) is 32.6 Å². The molecule has 0 saturated heterocycles. The average molecular weight is 372 g/mol. The summed E-state index contributed by atoms with van der Waals surface area (Å²) in [7, 11) is 1.46. The number of benzene rings is 1. The third kappa shape index (κ3) is 5.31. The number of rotatable bonds is 8. The minimum Gasteiger partial charge on any atom is -0.468 e. The maximum atomic E-state index is 12.0. The van der Waals surface area contributed by atoms with Crippen molar-refractivity contribution >= 4 is 33.7 Å². The van der Waals surface area contributed by atoms with E-state index in [2.05, 4.69) is 33.4 Å². The second-order valence-corrected chi connectivity index (χ2v) is 7.74. The fourth-order valence-corrected chi connectivity index (χ4v) is 3.77. The molecule has 5 heteroatoms. The minimum absolute atomic E-state index is 0.151. The molecule has 1 unspecified atom stereocenters. The Morgan fingerprint density at radius 2 is 2.29 bits per heavy atom. The SMILES string of the molecule is COC(=O)C(C)(CCCSc1cccc(Br)c1)NC1CC1. The van der Waals surface area contributed by atoms with Gasteiger partial charge in [0, 0.05) is 15.4 Å². The molecular weight excluding hydrogens is 350 g/mol. The molecule has 1 aromatic rings. The van der Waals surface area contributed by atoms with E-state index in [0.717, 1.165) is 23.1 Å². The van der Waals surface area contributed by atoms with Gasteiger partial charge in [0.15, 0.2) is 0 Å². The number of carbonyl (C=O) groups excluding carboxylic acids is 1. The molecule has 0 heterocycles. The number of carbonyl (C=O) groups is 1. The highest BCUT2D eigenvalue weighted by atomic mass is 79.9. The van der Waals surface area contributed by atoms with Crippen molar-refractivity contribution in [3.05, 3.63) is 28.7 Å². The summed E-state index contributed by atoms with van der Waals surface area (Å²) in [5, 5.41) is 3.43. The first-order valence-electron chi connectivity index (χ1n) is 7.28. The van der Waals surface area contributed by atoms with Gasteiger partial charge in [-0.05, 0) is 56.6 Å². The van der Waals surface area contributed by atoms with Gasteiger partial charge in [-0.15, -0.1) is 11.8 Å². The van der Waals surface area contributed by atoms with Gasteiger partial charge in [-0.25, -0.2) is 0 Å². The van der Waals surface area contributed by atoms with E-state index in [-0.39, 0.29) is 5.97 Å². The standard InChI is InChI=1S/C16H22BrNO2S/c1-16(15(19)20-2,18-13-7-8-13)9-4-10-21-14-6-3-5-12(17)11-14/h3,5-6,11,13,18H,4,7-10H2,1-2H3. The summed E-state index contributed by atoms with van der Waals surface area (Å²) in [5.74, 6) is 0.844. The molecule has 1 aliphatic carbocycles. The number of nitrogens with one attached hydrogen (secondary N) is 1. The zero-order valence-corrected chi connectivity index (χ0v) is 14.9. The van der Waals surface area contributed by atoms with Crippen molar-refractivity contribution in [3.8, 4) is 0 Å². The van der Waals surface area contributed by atoms with Gasteiger partial charge in [-0.1, -0.05) is 22.0 Å². The highest BCUT2D eigenvalue weighted by Crippen LogP contribution is 2.28. The Bertz CT molecular complexity index is 493. The second kappa shape index (κ2) is 7.65. The first-order valence-corrected chi connectivity index (χ1v) is 9.06. The molecule has 0 aliphatic heterocycles. The molecule has 0 spiro atoms. The van der Waals surface area contributed by atoms with Crippen LogP contribution < -0.4 is 5.32 Å². The summed E-state index contributed by atoms with van der Waals surface area (Å²) in [6, 6.07) is 8.79. The molecule has 1 fully saturated rings. The van der Waals surface area contributed by atoms with E-state index in [1.165, 1.54) is 24.8 Å². The Hall–Kier alpha value is -0.520. The first-order chi connectivity index (χ1) is 10.0. The number of hydrogen-bond acceptors (Lipinski definition) is 4. The normalized spacial score (nSPS) is 17.3. The molecule has 0 bridgehead atoms. The largest absolute Gasteiger partial charge is 0.468 e. The highest BCUT2D eigenvalue weighted by molar-refractivity contribution is 9.10. The van der Waals surface area contributed by atoms with Crippen LogP contribution in [0.25, 0.3) is 0 Å². The third-order valence-electron chi connectivity index (χ3n) is 3.62. The fourth-order valence-electron chi connectivity index (χ4n) is 2.31. The van der Waals surface area contributed by atoms with Crippen LogP contribution in [0.15, 0.2) is 33.6 Å². The van der Waals surface area contributed by atoms with Crippen LogP contribution in [0.5, 0.6) is 0 Å². The number of ether oxygens (including phenoxy) is 1. The topological polar surface area (TPSA) is 38.3 Å². The van der Waals surface area contributed by atoms with Crippen molar-refractivity contribution in [2.45, 2.75) is 49.1 Å². The lowest BCUT2D eigenvalue weighted by Gasteiger charge is -2.28. The number of esters is 1. The van der Waals surface area contributed by atoms with Gasteiger partial charge < -0.3 is 4.74 Å². The molecule has 1 aliphatic rings. The lowest BCUT2D eigenvalue weighted by molar-refractivity contribution is -0.148. The predicted octanol–water partition coefficient (Wildman–Crippen LogP) is 4.01. The molecule has 2 rings (SSSR count). The third-order valence-corrected chi connectivity index (χ3v) is 5.20. The molecule has 0 amide bonds. The smallest absolute Gasteiger partial charge is 0.325 e. The summed E-state index contributed by atoms with van der Waals surface area (Å²) < 4.78 is 6.06. The van der Waals surface area contributed by atoms with Gasteiger partial charge in [-0.2, -0.15) is 0 Å². The zero-order valence-electron chi connectivity index (χ0n) is 12.5. The van der Waals surface area contributed by atoms with Crippen molar-refractivity contribution in [1.82, 2.24) is 5.32 Å². The number of methoxy groups -OCH3 is 1. The van der Waals surface area contributed by atoms with Crippen molar-refractivity contribution in [3.63, 3.8) is 0 Å². The summed E-state index contributed by atoms with van der Waals surface area (Å²) in [5.41, 5.74) is -0.548. The summed E-state index contributed by atoms with van der Waals surface area (Å²) in [6.45, 7) is 1.96. The lowest BCUT2D eigenvalue weighted by atomic mass is 9.96. The van der Waals surface area contributed by atoms with Crippen molar-refractivity contribution in [1.29, 1.82) is 0 Å². The number of thioether (sulfide) groups is 1. The predicted molar refractivity (Wildman–Crippen MR) is 90.7 cm³/mol. The molecule has 21 heavy (non-hydrogen) atoms. The quantitative estimate of drug-likeness (QED) is 0.425.